The molecule has 0 amide bonds. The van der Waals surface area contributed by atoms with Crippen molar-refractivity contribution in [3.8, 4) is 33.4 Å². The Bertz CT molecular complexity index is 3340. The van der Waals surface area contributed by atoms with Gasteiger partial charge in [0.15, 0.2) is 0 Å². The van der Waals surface area contributed by atoms with E-state index in [0.29, 0.717) is 0 Å². The van der Waals surface area contributed by atoms with Crippen LogP contribution in [0.4, 0.5) is 17.1 Å². The predicted octanol–water partition coefficient (Wildman–Crippen LogP) is 15.9. The van der Waals surface area contributed by atoms with Crippen molar-refractivity contribution >= 4 is 82.9 Å². The molecule has 0 aliphatic heterocycles. The van der Waals surface area contributed by atoms with E-state index in [9.17, 15) is 0 Å². The van der Waals surface area contributed by atoms with Crippen LogP contribution in [0.5, 0.6) is 0 Å². The van der Waals surface area contributed by atoms with Crippen molar-refractivity contribution in [2.45, 2.75) is 0 Å². The zero-order chi connectivity index (χ0) is 38.2. The Morgan fingerprint density at radius 1 is 0.259 bits per heavy atom. The molecule has 4 heteroatoms. The summed E-state index contributed by atoms with van der Waals surface area (Å²) in [6, 6.07) is 70.4. The molecule has 0 fully saturated rings. The van der Waals surface area contributed by atoms with E-state index < -0.39 is 0 Å². The smallest absolute Gasteiger partial charge is 0.143 e. The molecule has 4 nitrogen and oxygen atoms in total. The first kappa shape index (κ1) is 32.4. The van der Waals surface area contributed by atoms with Crippen LogP contribution >= 0.6 is 0 Å². The number of hydrogen-bond acceptors (Lipinski definition) is 4. The second kappa shape index (κ2) is 12.9. The van der Waals surface area contributed by atoms with Crippen LogP contribution in [0, 0.1) is 0 Å². The second-order valence-electron chi connectivity index (χ2n) is 14.9. The van der Waals surface area contributed by atoms with Crippen LogP contribution in [-0.4, -0.2) is 0 Å². The summed E-state index contributed by atoms with van der Waals surface area (Å²) in [5.41, 5.74) is 15.2. The predicted molar refractivity (Wildman–Crippen MR) is 239 cm³/mol. The van der Waals surface area contributed by atoms with Gasteiger partial charge in [-0.05, 0) is 107 Å². The number of hydrogen-bond donors (Lipinski definition) is 0. The lowest BCUT2D eigenvalue weighted by Crippen LogP contribution is -2.09. The number of furan rings is 3. The maximum Gasteiger partial charge on any atom is 0.143 e. The lowest BCUT2D eigenvalue weighted by molar-refractivity contribution is 0.668. The molecule has 0 spiro atoms. The summed E-state index contributed by atoms with van der Waals surface area (Å²) in [5, 5.41) is 6.78. The number of nitrogens with zero attached hydrogens (tertiary/aromatic N) is 1. The Labute approximate surface area is 333 Å². The van der Waals surface area contributed by atoms with E-state index in [2.05, 4.69) is 169 Å². The largest absolute Gasteiger partial charge is 0.456 e. The highest BCUT2D eigenvalue weighted by molar-refractivity contribution is 6.10. The topological polar surface area (TPSA) is 42.7 Å². The van der Waals surface area contributed by atoms with Gasteiger partial charge < -0.3 is 18.2 Å². The number of para-hydroxylation sites is 4. The summed E-state index contributed by atoms with van der Waals surface area (Å²) in [5.74, 6) is 0. The first-order valence-corrected chi connectivity index (χ1v) is 19.6. The highest BCUT2D eigenvalue weighted by atomic mass is 16.3. The summed E-state index contributed by atoms with van der Waals surface area (Å²) >= 11 is 0. The van der Waals surface area contributed by atoms with Crippen molar-refractivity contribution in [3.63, 3.8) is 0 Å². The fourth-order valence-electron chi connectivity index (χ4n) is 8.63. The summed E-state index contributed by atoms with van der Waals surface area (Å²) < 4.78 is 18.9. The number of anilines is 3. The molecular formula is C54H33NO3. The van der Waals surface area contributed by atoms with Crippen molar-refractivity contribution in [2.24, 2.45) is 0 Å². The standard InChI is InChI=1S/C54H33NO3/c1-4-13-49-43(8-1)46-30-22-37(32-52(46)56-49)34-16-24-39(25-17-34)55(40-26-18-35(19-27-40)38-23-31-47-44-9-2-5-14-50(44)57-53(47)33-38)41-28-20-36(21-29-41)42-11-7-12-48-45-10-3-6-15-51(45)58-54(42)48/h1-33H. The summed E-state index contributed by atoms with van der Waals surface area (Å²) in [6.07, 6.45) is 0. The first-order chi connectivity index (χ1) is 28.7. The third kappa shape index (κ3) is 5.23. The summed E-state index contributed by atoms with van der Waals surface area (Å²) in [7, 11) is 0. The maximum absolute atomic E-state index is 6.41. The fourth-order valence-corrected chi connectivity index (χ4v) is 8.63. The zero-order valence-corrected chi connectivity index (χ0v) is 31.2. The molecule has 0 radical (unpaired) electrons. The summed E-state index contributed by atoms with van der Waals surface area (Å²) in [6.45, 7) is 0. The Balaban J connectivity index is 0.926. The molecule has 0 unspecified atom stereocenters. The molecule has 3 aromatic heterocycles. The van der Waals surface area contributed by atoms with E-state index in [1.165, 1.54) is 0 Å². The van der Waals surface area contributed by atoms with E-state index in [1.807, 2.05) is 36.4 Å². The molecule has 0 aliphatic rings. The fraction of sp³-hybridized carbons (Fsp3) is 0. The molecule has 58 heavy (non-hydrogen) atoms. The van der Waals surface area contributed by atoms with E-state index >= 15 is 0 Å². The minimum Gasteiger partial charge on any atom is -0.456 e. The average molecular weight is 744 g/mol. The molecule has 0 bridgehead atoms. The van der Waals surface area contributed by atoms with Gasteiger partial charge in [-0.2, -0.15) is 0 Å². The van der Waals surface area contributed by atoms with Crippen LogP contribution in [0.15, 0.2) is 213 Å². The van der Waals surface area contributed by atoms with E-state index in [4.69, 9.17) is 13.3 Å². The van der Waals surface area contributed by atoms with Crippen molar-refractivity contribution in [3.05, 3.63) is 200 Å². The maximum atomic E-state index is 6.41. The van der Waals surface area contributed by atoms with Gasteiger partial charge in [0, 0.05) is 54.9 Å². The highest BCUT2D eigenvalue weighted by Gasteiger charge is 2.17. The van der Waals surface area contributed by atoms with Crippen molar-refractivity contribution in [1.29, 1.82) is 0 Å². The van der Waals surface area contributed by atoms with E-state index in [1.54, 1.807) is 0 Å². The van der Waals surface area contributed by atoms with E-state index in [-0.39, 0.29) is 0 Å². The van der Waals surface area contributed by atoms with Crippen molar-refractivity contribution < 1.29 is 13.3 Å². The van der Waals surface area contributed by atoms with Gasteiger partial charge in [-0.1, -0.05) is 121 Å². The number of rotatable bonds is 6. The molecule has 12 aromatic rings. The van der Waals surface area contributed by atoms with Gasteiger partial charge in [0.25, 0.3) is 0 Å². The Hall–Kier alpha value is -7.82. The van der Waals surface area contributed by atoms with Crippen molar-refractivity contribution in [1.82, 2.24) is 0 Å². The third-order valence-corrected chi connectivity index (χ3v) is 11.5. The lowest BCUT2D eigenvalue weighted by atomic mass is 10.0. The first-order valence-electron chi connectivity index (χ1n) is 19.6. The van der Waals surface area contributed by atoms with Gasteiger partial charge in [-0.25, -0.2) is 0 Å². The van der Waals surface area contributed by atoms with Gasteiger partial charge in [-0.15, -0.1) is 0 Å². The molecule has 0 saturated heterocycles. The highest BCUT2D eigenvalue weighted by Crippen LogP contribution is 2.41. The quantitative estimate of drug-likeness (QED) is 0.170. The van der Waals surface area contributed by atoms with Crippen molar-refractivity contribution in [2.75, 3.05) is 4.90 Å². The van der Waals surface area contributed by atoms with Crippen LogP contribution < -0.4 is 4.90 Å². The van der Waals surface area contributed by atoms with E-state index in [0.717, 1.165) is 116 Å². The van der Waals surface area contributed by atoms with Gasteiger partial charge in [0.2, 0.25) is 0 Å². The number of benzene rings is 9. The minimum absolute atomic E-state index is 0.891. The van der Waals surface area contributed by atoms with Crippen LogP contribution in [0.2, 0.25) is 0 Å². The molecule has 272 valence electrons. The molecule has 3 heterocycles. The Morgan fingerprint density at radius 3 is 1.14 bits per heavy atom. The molecule has 0 atom stereocenters. The molecule has 12 rings (SSSR count). The van der Waals surface area contributed by atoms with Gasteiger partial charge in [0.05, 0.1) is 0 Å². The Kier molecular flexibility index (Phi) is 7.20. The molecule has 9 aromatic carbocycles. The third-order valence-electron chi connectivity index (χ3n) is 11.5. The normalized spacial score (nSPS) is 11.8. The van der Waals surface area contributed by atoms with Crippen LogP contribution in [0.1, 0.15) is 0 Å². The SMILES string of the molecule is c1ccc2c(c1)oc1cc(-c3ccc(N(c4ccc(-c5ccc6c(c5)oc5ccccc56)cc4)c4ccc(-c5cccc6c5oc5ccccc56)cc4)cc3)ccc12. The van der Waals surface area contributed by atoms with Crippen LogP contribution in [0.25, 0.3) is 99.2 Å². The molecule has 0 saturated carbocycles. The lowest BCUT2D eigenvalue weighted by Gasteiger charge is -2.26. The molecular weight excluding hydrogens is 711 g/mol. The second-order valence-corrected chi connectivity index (χ2v) is 14.9. The molecule has 0 N–H and O–H groups in total. The average Bonchev–Trinajstić information content (AvgIpc) is 3.98. The van der Waals surface area contributed by atoms with Gasteiger partial charge >= 0.3 is 0 Å². The zero-order valence-electron chi connectivity index (χ0n) is 31.2. The minimum atomic E-state index is 0.891. The van der Waals surface area contributed by atoms with Gasteiger partial charge in [-0.3, -0.25) is 0 Å². The summed E-state index contributed by atoms with van der Waals surface area (Å²) in [4.78, 5) is 2.31. The van der Waals surface area contributed by atoms with Crippen LogP contribution in [0.3, 0.4) is 0 Å². The van der Waals surface area contributed by atoms with Gasteiger partial charge in [0.1, 0.15) is 33.5 Å². The monoisotopic (exact) mass is 743 g/mol. The number of fused-ring (bicyclic) bond motifs is 9. The van der Waals surface area contributed by atoms with Crippen LogP contribution in [-0.2, 0) is 0 Å². The Morgan fingerprint density at radius 2 is 0.638 bits per heavy atom. The molecule has 0 aliphatic carbocycles.